The topological polar surface area (TPSA) is 26.3 Å². The Hall–Kier alpha value is -0.790. The molecular weight excluding hydrogens is 176 g/mol. The highest BCUT2D eigenvalue weighted by molar-refractivity contribution is 5.76. The van der Waals surface area contributed by atoms with Gasteiger partial charge in [0.1, 0.15) is 0 Å². The van der Waals surface area contributed by atoms with E-state index in [1.165, 1.54) is 26.4 Å². The predicted molar refractivity (Wildman–Crippen MR) is 56.9 cm³/mol. The number of allylic oxidation sites excluding steroid dienone is 2. The van der Waals surface area contributed by atoms with Crippen LogP contribution < -0.4 is 0 Å². The first-order valence-electron chi connectivity index (χ1n) is 5.54. The van der Waals surface area contributed by atoms with E-state index >= 15 is 0 Å². The summed E-state index contributed by atoms with van der Waals surface area (Å²) in [5.41, 5.74) is 0. The van der Waals surface area contributed by atoms with E-state index in [0.29, 0.717) is 5.92 Å². The molecule has 2 nitrogen and oxygen atoms in total. The van der Waals surface area contributed by atoms with Crippen LogP contribution in [0, 0.1) is 11.8 Å². The minimum absolute atomic E-state index is 0.0480. The van der Waals surface area contributed by atoms with E-state index in [1.807, 2.05) is 0 Å². The van der Waals surface area contributed by atoms with Gasteiger partial charge in [0.2, 0.25) is 0 Å². The molecule has 14 heavy (non-hydrogen) atoms. The molecule has 0 bridgehead atoms. The fraction of sp³-hybridized carbons (Fsp3) is 0.750. The van der Waals surface area contributed by atoms with Crippen molar-refractivity contribution in [3.05, 3.63) is 12.2 Å². The van der Waals surface area contributed by atoms with Crippen LogP contribution in [0.3, 0.4) is 0 Å². The molecule has 0 aromatic heterocycles. The molecule has 1 unspecified atom stereocenters. The van der Waals surface area contributed by atoms with Gasteiger partial charge in [0.15, 0.2) is 0 Å². The molecule has 2 atom stereocenters. The first kappa shape index (κ1) is 11.3. The Bertz CT molecular complexity index is 208. The van der Waals surface area contributed by atoms with Gasteiger partial charge in [-0.15, -0.1) is 0 Å². The molecule has 1 saturated carbocycles. The van der Waals surface area contributed by atoms with Gasteiger partial charge in [0, 0.05) is 0 Å². The third-order valence-electron chi connectivity index (χ3n) is 2.70. The van der Waals surface area contributed by atoms with Crippen LogP contribution in [0.15, 0.2) is 12.2 Å². The van der Waals surface area contributed by atoms with Crippen molar-refractivity contribution in [1.82, 2.24) is 0 Å². The van der Waals surface area contributed by atoms with E-state index in [0.717, 1.165) is 12.8 Å². The Balaban J connectivity index is 2.06. The van der Waals surface area contributed by atoms with Crippen LogP contribution in [0.25, 0.3) is 0 Å². The Labute approximate surface area is 86.3 Å². The molecule has 1 fully saturated rings. The first-order valence-corrected chi connectivity index (χ1v) is 5.54. The summed E-state index contributed by atoms with van der Waals surface area (Å²) in [6, 6.07) is 0. The maximum absolute atomic E-state index is 11.1. The van der Waals surface area contributed by atoms with Gasteiger partial charge in [-0.25, -0.2) is 0 Å². The van der Waals surface area contributed by atoms with Crippen LogP contribution in [0.2, 0.25) is 0 Å². The Morgan fingerprint density at radius 1 is 1.50 bits per heavy atom. The first-order chi connectivity index (χ1) is 6.79. The summed E-state index contributed by atoms with van der Waals surface area (Å²) in [5.74, 6) is 0.569. The lowest BCUT2D eigenvalue weighted by molar-refractivity contribution is -0.142. The molecule has 80 valence electrons. The van der Waals surface area contributed by atoms with E-state index < -0.39 is 0 Å². The summed E-state index contributed by atoms with van der Waals surface area (Å²) < 4.78 is 4.68. The van der Waals surface area contributed by atoms with Crippen molar-refractivity contribution in [1.29, 1.82) is 0 Å². The highest BCUT2D eigenvalue weighted by Gasteiger charge is 2.41. The van der Waals surface area contributed by atoms with Crippen molar-refractivity contribution in [2.24, 2.45) is 11.8 Å². The standard InChI is InChI=1S/C12H20O2/c1-3-4-5-6-7-8-10-9-11(10)12(13)14-2/h7-8,10-11H,3-6,9H2,1-2H3/b8-7-/t10?,11-/m0/s1. The molecule has 2 heteroatoms. The fourth-order valence-electron chi connectivity index (χ4n) is 1.63. The number of ether oxygens (including phenoxy) is 1. The number of unbranched alkanes of at least 4 members (excludes halogenated alkanes) is 3. The summed E-state index contributed by atoms with van der Waals surface area (Å²) in [4.78, 5) is 11.1. The largest absolute Gasteiger partial charge is 0.469 e. The SMILES string of the molecule is CCCCC/C=C\C1C[C@@H]1C(=O)OC. The van der Waals surface area contributed by atoms with Crippen molar-refractivity contribution >= 4 is 5.97 Å². The van der Waals surface area contributed by atoms with Crippen LogP contribution in [0.1, 0.15) is 39.0 Å². The maximum atomic E-state index is 11.1. The third kappa shape index (κ3) is 3.52. The van der Waals surface area contributed by atoms with Gasteiger partial charge in [-0.3, -0.25) is 4.79 Å². The molecule has 0 aromatic rings. The van der Waals surface area contributed by atoms with E-state index in [9.17, 15) is 4.79 Å². The Kier molecular flexibility index (Phi) is 4.71. The summed E-state index contributed by atoms with van der Waals surface area (Å²) in [6.07, 6.45) is 10.4. The quantitative estimate of drug-likeness (QED) is 0.371. The van der Waals surface area contributed by atoms with Crippen molar-refractivity contribution in [2.75, 3.05) is 7.11 Å². The third-order valence-corrected chi connectivity index (χ3v) is 2.70. The smallest absolute Gasteiger partial charge is 0.309 e. The van der Waals surface area contributed by atoms with Crippen molar-refractivity contribution in [3.63, 3.8) is 0 Å². The molecular formula is C12H20O2. The molecule has 0 N–H and O–H groups in total. The Morgan fingerprint density at radius 2 is 2.29 bits per heavy atom. The van der Waals surface area contributed by atoms with Crippen LogP contribution >= 0.6 is 0 Å². The van der Waals surface area contributed by atoms with E-state index in [2.05, 4.69) is 23.8 Å². The van der Waals surface area contributed by atoms with Gasteiger partial charge < -0.3 is 4.74 Å². The number of rotatable bonds is 6. The zero-order chi connectivity index (χ0) is 10.4. The zero-order valence-corrected chi connectivity index (χ0v) is 9.16. The summed E-state index contributed by atoms with van der Waals surface area (Å²) >= 11 is 0. The number of hydrogen-bond acceptors (Lipinski definition) is 2. The van der Waals surface area contributed by atoms with Crippen molar-refractivity contribution < 1.29 is 9.53 Å². The van der Waals surface area contributed by atoms with Gasteiger partial charge in [-0.05, 0) is 25.2 Å². The van der Waals surface area contributed by atoms with Crippen molar-refractivity contribution in [2.45, 2.75) is 39.0 Å². The zero-order valence-electron chi connectivity index (χ0n) is 9.16. The second-order valence-corrected chi connectivity index (χ2v) is 3.95. The molecule has 1 aliphatic rings. The fourth-order valence-corrected chi connectivity index (χ4v) is 1.63. The average molecular weight is 196 g/mol. The van der Waals surface area contributed by atoms with Crippen LogP contribution in [-0.2, 0) is 9.53 Å². The molecule has 0 saturated heterocycles. The van der Waals surface area contributed by atoms with E-state index in [1.54, 1.807) is 0 Å². The highest BCUT2D eigenvalue weighted by Crippen LogP contribution is 2.40. The number of esters is 1. The second kappa shape index (κ2) is 5.84. The molecule has 0 aromatic carbocycles. The molecule has 0 heterocycles. The van der Waals surface area contributed by atoms with E-state index in [-0.39, 0.29) is 11.9 Å². The lowest BCUT2D eigenvalue weighted by Gasteiger charge is -1.94. The van der Waals surface area contributed by atoms with Gasteiger partial charge in [-0.1, -0.05) is 31.9 Å². The minimum atomic E-state index is -0.0480. The van der Waals surface area contributed by atoms with Gasteiger partial charge in [0.25, 0.3) is 0 Å². The Morgan fingerprint density at radius 3 is 2.93 bits per heavy atom. The summed E-state index contributed by atoms with van der Waals surface area (Å²) in [5, 5.41) is 0. The molecule has 1 aliphatic carbocycles. The van der Waals surface area contributed by atoms with Crippen molar-refractivity contribution in [3.8, 4) is 0 Å². The van der Waals surface area contributed by atoms with Crippen LogP contribution in [-0.4, -0.2) is 13.1 Å². The second-order valence-electron chi connectivity index (χ2n) is 3.95. The van der Waals surface area contributed by atoms with Gasteiger partial charge >= 0.3 is 5.97 Å². The lowest BCUT2D eigenvalue weighted by atomic mass is 10.2. The number of carbonyl (C=O) groups is 1. The monoisotopic (exact) mass is 196 g/mol. The number of carbonyl (C=O) groups excluding carboxylic acids is 1. The minimum Gasteiger partial charge on any atom is -0.469 e. The average Bonchev–Trinajstić information content (AvgIpc) is 2.96. The summed E-state index contributed by atoms with van der Waals surface area (Å²) in [7, 11) is 1.46. The number of hydrogen-bond donors (Lipinski definition) is 0. The van der Waals surface area contributed by atoms with Gasteiger partial charge in [0.05, 0.1) is 13.0 Å². The molecule has 0 spiro atoms. The van der Waals surface area contributed by atoms with Crippen LogP contribution in [0.5, 0.6) is 0 Å². The highest BCUT2D eigenvalue weighted by atomic mass is 16.5. The lowest BCUT2D eigenvalue weighted by Crippen LogP contribution is -2.03. The predicted octanol–water partition coefficient (Wildman–Crippen LogP) is 2.93. The maximum Gasteiger partial charge on any atom is 0.309 e. The molecule has 0 aliphatic heterocycles. The van der Waals surface area contributed by atoms with Gasteiger partial charge in [-0.2, -0.15) is 0 Å². The van der Waals surface area contributed by atoms with Crippen LogP contribution in [0.4, 0.5) is 0 Å². The molecule has 1 rings (SSSR count). The van der Waals surface area contributed by atoms with E-state index in [4.69, 9.17) is 0 Å². The molecule has 0 radical (unpaired) electrons. The number of methoxy groups -OCH3 is 1. The molecule has 0 amide bonds. The summed E-state index contributed by atoms with van der Waals surface area (Å²) in [6.45, 7) is 2.21. The normalized spacial score (nSPS) is 25.3.